The van der Waals surface area contributed by atoms with Crippen molar-refractivity contribution in [1.29, 1.82) is 0 Å². The number of amides is 1. The minimum atomic E-state index is -0.432. The van der Waals surface area contributed by atoms with Gasteiger partial charge in [0.2, 0.25) is 0 Å². The standard InChI is InChI=1S/C9H15NO4/c1-7(2)5-12-9(11)10-8-3-4-13-14-6-8/h3-4,7-8H,5-6H2,1-2H3,(H,10,11). The molecule has 1 N–H and O–H groups in total. The molecule has 14 heavy (non-hydrogen) atoms. The Hall–Kier alpha value is -1.23. The minimum absolute atomic E-state index is 0.177. The van der Waals surface area contributed by atoms with Gasteiger partial charge in [0.15, 0.2) is 0 Å². The van der Waals surface area contributed by atoms with E-state index in [9.17, 15) is 4.79 Å². The molecule has 0 spiro atoms. The highest BCUT2D eigenvalue weighted by Gasteiger charge is 2.13. The normalized spacial score (nSPS) is 20.4. The van der Waals surface area contributed by atoms with Crippen molar-refractivity contribution < 1.29 is 19.3 Å². The van der Waals surface area contributed by atoms with Crippen molar-refractivity contribution in [2.45, 2.75) is 19.9 Å². The van der Waals surface area contributed by atoms with Gasteiger partial charge in [-0.1, -0.05) is 13.8 Å². The summed E-state index contributed by atoms with van der Waals surface area (Å²) in [6, 6.07) is -0.177. The highest BCUT2D eigenvalue weighted by molar-refractivity contribution is 5.67. The summed E-state index contributed by atoms with van der Waals surface area (Å²) in [6.07, 6.45) is 2.65. The molecule has 1 heterocycles. The summed E-state index contributed by atoms with van der Waals surface area (Å²) in [5.41, 5.74) is 0. The van der Waals surface area contributed by atoms with Gasteiger partial charge in [0.05, 0.1) is 12.6 Å². The van der Waals surface area contributed by atoms with Crippen molar-refractivity contribution in [2.24, 2.45) is 5.92 Å². The van der Waals surface area contributed by atoms with Gasteiger partial charge in [0, 0.05) is 0 Å². The molecule has 0 bridgehead atoms. The zero-order valence-electron chi connectivity index (χ0n) is 8.36. The lowest BCUT2D eigenvalue weighted by Crippen LogP contribution is -2.38. The van der Waals surface area contributed by atoms with E-state index in [2.05, 4.69) is 15.1 Å². The molecule has 0 saturated carbocycles. The van der Waals surface area contributed by atoms with Crippen molar-refractivity contribution in [2.75, 3.05) is 13.2 Å². The third kappa shape index (κ3) is 4.13. The number of ether oxygens (including phenoxy) is 1. The Bertz CT molecular complexity index is 215. The maximum absolute atomic E-state index is 11.2. The second-order valence-electron chi connectivity index (χ2n) is 3.45. The smallest absolute Gasteiger partial charge is 0.407 e. The molecular weight excluding hydrogens is 186 g/mol. The number of hydrogen-bond donors (Lipinski definition) is 1. The van der Waals surface area contributed by atoms with E-state index in [1.165, 1.54) is 6.26 Å². The van der Waals surface area contributed by atoms with Gasteiger partial charge in [-0.3, -0.25) is 0 Å². The highest BCUT2D eigenvalue weighted by Crippen LogP contribution is 1.99. The second-order valence-corrected chi connectivity index (χ2v) is 3.45. The van der Waals surface area contributed by atoms with Crippen LogP contribution in [0.2, 0.25) is 0 Å². The lowest BCUT2D eigenvalue weighted by molar-refractivity contribution is -0.258. The molecule has 0 aromatic carbocycles. The molecule has 1 aliphatic heterocycles. The van der Waals surface area contributed by atoms with E-state index < -0.39 is 6.09 Å². The number of carbonyl (C=O) groups excluding carboxylic acids is 1. The van der Waals surface area contributed by atoms with Crippen LogP contribution in [0.25, 0.3) is 0 Å². The number of rotatable bonds is 3. The Kier molecular flexibility index (Phi) is 4.25. The van der Waals surface area contributed by atoms with Crippen LogP contribution in [-0.4, -0.2) is 25.3 Å². The summed E-state index contributed by atoms with van der Waals surface area (Å²) in [4.78, 5) is 20.3. The first-order valence-electron chi connectivity index (χ1n) is 4.56. The highest BCUT2D eigenvalue weighted by atomic mass is 17.2. The van der Waals surface area contributed by atoms with Crippen LogP contribution in [0.5, 0.6) is 0 Å². The van der Waals surface area contributed by atoms with E-state index >= 15 is 0 Å². The largest absolute Gasteiger partial charge is 0.449 e. The van der Waals surface area contributed by atoms with E-state index in [0.29, 0.717) is 19.1 Å². The number of carbonyl (C=O) groups is 1. The van der Waals surface area contributed by atoms with Crippen molar-refractivity contribution in [3.8, 4) is 0 Å². The third-order valence-corrected chi connectivity index (χ3v) is 1.53. The first-order chi connectivity index (χ1) is 6.68. The maximum Gasteiger partial charge on any atom is 0.407 e. The van der Waals surface area contributed by atoms with E-state index in [4.69, 9.17) is 4.74 Å². The molecule has 0 aliphatic carbocycles. The topological polar surface area (TPSA) is 56.8 Å². The van der Waals surface area contributed by atoms with Gasteiger partial charge in [0.25, 0.3) is 0 Å². The molecule has 1 atom stereocenters. The Balaban J connectivity index is 2.19. The fourth-order valence-electron chi connectivity index (χ4n) is 0.860. The molecule has 0 fully saturated rings. The zero-order chi connectivity index (χ0) is 10.4. The molecule has 0 aromatic heterocycles. The van der Waals surface area contributed by atoms with Crippen LogP contribution >= 0.6 is 0 Å². The molecule has 1 rings (SSSR count). The molecule has 0 aromatic rings. The summed E-state index contributed by atoms with van der Waals surface area (Å²) in [7, 11) is 0. The number of nitrogens with one attached hydrogen (secondary N) is 1. The summed E-state index contributed by atoms with van der Waals surface area (Å²) < 4.78 is 4.93. The van der Waals surface area contributed by atoms with Crippen LogP contribution in [0, 0.1) is 5.92 Å². The monoisotopic (exact) mass is 201 g/mol. The molecule has 1 amide bonds. The molecule has 80 valence electrons. The summed E-state index contributed by atoms with van der Waals surface area (Å²) >= 11 is 0. The number of hydrogen-bond acceptors (Lipinski definition) is 4. The van der Waals surface area contributed by atoms with E-state index in [-0.39, 0.29) is 6.04 Å². The quantitative estimate of drug-likeness (QED) is 0.697. The fraction of sp³-hybridized carbons (Fsp3) is 0.667. The molecule has 0 radical (unpaired) electrons. The first kappa shape index (κ1) is 10.8. The summed E-state index contributed by atoms with van der Waals surface area (Å²) in [6.45, 7) is 4.67. The van der Waals surface area contributed by atoms with Gasteiger partial charge < -0.3 is 14.9 Å². The molecule has 5 heteroatoms. The summed E-state index contributed by atoms with van der Waals surface area (Å²) in [5, 5.41) is 2.62. The maximum atomic E-state index is 11.2. The van der Waals surface area contributed by atoms with E-state index in [0.717, 1.165) is 0 Å². The van der Waals surface area contributed by atoms with Crippen LogP contribution < -0.4 is 5.32 Å². The van der Waals surface area contributed by atoms with Crippen LogP contribution in [0.4, 0.5) is 4.79 Å². The molecule has 0 saturated heterocycles. The van der Waals surface area contributed by atoms with E-state index in [1.807, 2.05) is 13.8 Å². The van der Waals surface area contributed by atoms with Crippen LogP contribution in [0.15, 0.2) is 12.3 Å². The molecule has 1 aliphatic rings. The van der Waals surface area contributed by atoms with Gasteiger partial charge in [0.1, 0.15) is 12.9 Å². The average molecular weight is 201 g/mol. The predicted molar refractivity (Wildman–Crippen MR) is 49.3 cm³/mol. The fourth-order valence-corrected chi connectivity index (χ4v) is 0.860. The van der Waals surface area contributed by atoms with Crippen LogP contribution in [-0.2, 0) is 14.5 Å². The second kappa shape index (κ2) is 5.49. The zero-order valence-corrected chi connectivity index (χ0v) is 8.36. The average Bonchev–Trinajstić information content (AvgIpc) is 2.16. The lowest BCUT2D eigenvalue weighted by atomic mass is 10.2. The molecule has 5 nitrogen and oxygen atoms in total. The van der Waals surface area contributed by atoms with Gasteiger partial charge in [-0.15, -0.1) is 0 Å². The number of alkyl carbamates (subject to hydrolysis) is 1. The minimum Gasteiger partial charge on any atom is -0.449 e. The summed E-state index contributed by atoms with van der Waals surface area (Å²) in [5.74, 6) is 0.335. The Morgan fingerprint density at radius 3 is 3.07 bits per heavy atom. The van der Waals surface area contributed by atoms with Crippen molar-refractivity contribution >= 4 is 6.09 Å². The van der Waals surface area contributed by atoms with E-state index in [1.54, 1.807) is 6.08 Å². The van der Waals surface area contributed by atoms with Gasteiger partial charge >= 0.3 is 6.09 Å². The van der Waals surface area contributed by atoms with Crippen LogP contribution in [0.1, 0.15) is 13.8 Å². The Labute approximate surface area is 82.9 Å². The van der Waals surface area contributed by atoms with Gasteiger partial charge in [-0.2, -0.15) is 4.89 Å². The lowest BCUT2D eigenvalue weighted by Gasteiger charge is -2.17. The van der Waals surface area contributed by atoms with Gasteiger partial charge in [-0.05, 0) is 12.0 Å². The third-order valence-electron chi connectivity index (χ3n) is 1.53. The van der Waals surface area contributed by atoms with Crippen molar-refractivity contribution in [3.63, 3.8) is 0 Å². The predicted octanol–water partition coefficient (Wildman–Crippen LogP) is 1.21. The Morgan fingerprint density at radius 1 is 1.71 bits per heavy atom. The molecular formula is C9H15NO4. The van der Waals surface area contributed by atoms with Crippen molar-refractivity contribution in [1.82, 2.24) is 5.32 Å². The van der Waals surface area contributed by atoms with Crippen LogP contribution in [0.3, 0.4) is 0 Å². The van der Waals surface area contributed by atoms with Crippen molar-refractivity contribution in [3.05, 3.63) is 12.3 Å². The first-order valence-corrected chi connectivity index (χ1v) is 4.56. The Morgan fingerprint density at radius 2 is 2.50 bits per heavy atom. The molecule has 1 unspecified atom stereocenters. The SMILES string of the molecule is CC(C)COC(=O)NC1C=COOC1. The van der Waals surface area contributed by atoms with Gasteiger partial charge in [-0.25, -0.2) is 4.79 Å².